The second kappa shape index (κ2) is 10.6. The summed E-state index contributed by atoms with van der Waals surface area (Å²) < 4.78 is 0. The topological polar surface area (TPSA) is 40.6 Å². The highest BCUT2D eigenvalue weighted by Gasteiger charge is 2.46. The van der Waals surface area contributed by atoms with Gasteiger partial charge in [-0.2, -0.15) is 0 Å². The van der Waals surface area contributed by atoms with Crippen LogP contribution < -0.4 is 0 Å². The van der Waals surface area contributed by atoms with Crippen LogP contribution in [0.4, 0.5) is 0 Å². The molecule has 7 heteroatoms. The van der Waals surface area contributed by atoms with Gasteiger partial charge in [-0.3, -0.25) is 9.59 Å². The summed E-state index contributed by atoms with van der Waals surface area (Å²) >= 11 is 14.5. The van der Waals surface area contributed by atoms with Crippen LogP contribution in [0.2, 0.25) is 10.0 Å². The molecule has 0 saturated heterocycles. The standard InChI is InChI=1S/C29H30Cl2N2O2S/c1-18(2)16-32(29(35)24-15-23(24)19-6-4-3-5-7-19)17-27(34)33-12-10-26-22(11-13-36-26)28(33)21-9-8-20(30)14-25(21)31/h3-9,11,13-14,18,23-24,28H,10,12,15-17H2,1-2H3/t23-,24+,28-/m0/s1. The number of carbonyl (C=O) groups is 2. The van der Waals surface area contributed by atoms with Gasteiger partial charge in [0.2, 0.25) is 11.8 Å². The summed E-state index contributed by atoms with van der Waals surface area (Å²) in [6.07, 6.45) is 1.65. The Hall–Kier alpha value is -2.34. The Bertz CT molecular complexity index is 1260. The van der Waals surface area contributed by atoms with Crippen LogP contribution in [-0.4, -0.2) is 41.2 Å². The number of rotatable bonds is 7. The first-order valence-electron chi connectivity index (χ1n) is 12.5. The molecule has 0 unspecified atom stereocenters. The Kier molecular flexibility index (Phi) is 7.43. The van der Waals surface area contributed by atoms with Gasteiger partial charge in [-0.25, -0.2) is 0 Å². The highest BCUT2D eigenvalue weighted by Crippen LogP contribution is 2.48. The van der Waals surface area contributed by atoms with Crippen molar-refractivity contribution >= 4 is 46.4 Å². The summed E-state index contributed by atoms with van der Waals surface area (Å²) in [5.74, 6) is 0.494. The van der Waals surface area contributed by atoms with Gasteiger partial charge < -0.3 is 9.80 Å². The molecule has 4 nitrogen and oxygen atoms in total. The van der Waals surface area contributed by atoms with Crippen LogP contribution >= 0.6 is 34.5 Å². The SMILES string of the molecule is CC(C)CN(CC(=O)N1CCc2sccc2[C@@H]1c1ccc(Cl)cc1Cl)C(=O)[C@@H]1C[C@H]1c1ccccc1. The maximum atomic E-state index is 13.8. The van der Waals surface area contributed by atoms with Crippen LogP contribution in [0.3, 0.4) is 0 Å². The van der Waals surface area contributed by atoms with E-state index in [1.165, 1.54) is 10.4 Å². The molecule has 1 fully saturated rings. The highest BCUT2D eigenvalue weighted by atomic mass is 35.5. The fourth-order valence-electron chi connectivity index (χ4n) is 5.34. The molecule has 3 atom stereocenters. The van der Waals surface area contributed by atoms with Crippen LogP contribution in [0.25, 0.3) is 0 Å². The van der Waals surface area contributed by atoms with E-state index in [2.05, 4.69) is 37.4 Å². The van der Waals surface area contributed by atoms with Gasteiger partial charge >= 0.3 is 0 Å². The average molecular weight is 542 g/mol. The average Bonchev–Trinajstić information content (AvgIpc) is 3.51. The summed E-state index contributed by atoms with van der Waals surface area (Å²) in [4.78, 5) is 32.4. The summed E-state index contributed by atoms with van der Waals surface area (Å²) in [5, 5.41) is 3.18. The van der Waals surface area contributed by atoms with E-state index in [0.29, 0.717) is 23.1 Å². The Labute approximate surface area is 226 Å². The molecule has 1 aromatic heterocycles. The molecule has 2 aliphatic rings. The lowest BCUT2D eigenvalue weighted by Gasteiger charge is -2.38. The van der Waals surface area contributed by atoms with Crippen molar-refractivity contribution in [1.29, 1.82) is 0 Å². The minimum atomic E-state index is -0.286. The summed E-state index contributed by atoms with van der Waals surface area (Å²) in [7, 11) is 0. The van der Waals surface area contributed by atoms with Crippen LogP contribution in [0.15, 0.2) is 60.0 Å². The van der Waals surface area contributed by atoms with Gasteiger partial charge in [0.15, 0.2) is 0 Å². The molecule has 0 N–H and O–H groups in total. The van der Waals surface area contributed by atoms with E-state index < -0.39 is 0 Å². The number of hydrogen-bond donors (Lipinski definition) is 0. The van der Waals surface area contributed by atoms with Crippen molar-refractivity contribution in [2.75, 3.05) is 19.6 Å². The van der Waals surface area contributed by atoms with Crippen molar-refractivity contribution in [3.63, 3.8) is 0 Å². The van der Waals surface area contributed by atoms with E-state index in [1.807, 2.05) is 35.2 Å². The fraction of sp³-hybridized carbons (Fsp3) is 0.379. The zero-order valence-electron chi connectivity index (χ0n) is 20.5. The van der Waals surface area contributed by atoms with Crippen molar-refractivity contribution in [3.8, 4) is 0 Å². The van der Waals surface area contributed by atoms with Gasteiger partial charge in [0.25, 0.3) is 0 Å². The van der Waals surface area contributed by atoms with Crippen LogP contribution in [0, 0.1) is 11.8 Å². The van der Waals surface area contributed by atoms with Crippen LogP contribution in [-0.2, 0) is 16.0 Å². The first-order valence-corrected chi connectivity index (χ1v) is 14.1. The van der Waals surface area contributed by atoms with E-state index in [0.717, 1.165) is 24.0 Å². The quantitative estimate of drug-likeness (QED) is 0.330. The Morgan fingerprint density at radius 2 is 1.86 bits per heavy atom. The number of benzene rings is 2. The molecule has 36 heavy (non-hydrogen) atoms. The lowest BCUT2D eigenvalue weighted by molar-refractivity contribution is -0.142. The van der Waals surface area contributed by atoms with Crippen molar-refractivity contribution in [2.24, 2.45) is 11.8 Å². The van der Waals surface area contributed by atoms with Gasteiger partial charge in [-0.15, -0.1) is 11.3 Å². The zero-order chi connectivity index (χ0) is 25.4. The number of amides is 2. The third kappa shape index (κ3) is 5.20. The zero-order valence-corrected chi connectivity index (χ0v) is 22.8. The highest BCUT2D eigenvalue weighted by molar-refractivity contribution is 7.10. The molecule has 1 aliphatic heterocycles. The molecule has 0 radical (unpaired) electrons. The lowest BCUT2D eigenvalue weighted by atomic mass is 9.93. The number of nitrogens with zero attached hydrogens (tertiary/aromatic N) is 2. The fourth-order valence-corrected chi connectivity index (χ4v) is 6.76. The number of hydrogen-bond acceptors (Lipinski definition) is 3. The normalized spacial score (nSPS) is 20.8. The number of halogens is 2. The van der Waals surface area contributed by atoms with E-state index in [4.69, 9.17) is 23.2 Å². The number of fused-ring (bicyclic) bond motifs is 1. The largest absolute Gasteiger partial charge is 0.333 e. The second-order valence-corrected chi connectivity index (χ2v) is 12.0. The molecular weight excluding hydrogens is 511 g/mol. The van der Waals surface area contributed by atoms with Crippen molar-refractivity contribution in [3.05, 3.63) is 91.6 Å². The van der Waals surface area contributed by atoms with Crippen molar-refractivity contribution in [1.82, 2.24) is 9.80 Å². The smallest absolute Gasteiger partial charge is 0.242 e. The monoisotopic (exact) mass is 540 g/mol. The lowest BCUT2D eigenvalue weighted by Crippen LogP contribution is -2.48. The maximum absolute atomic E-state index is 13.8. The number of thiophene rings is 1. The predicted octanol–water partition coefficient (Wildman–Crippen LogP) is 6.82. The first kappa shape index (κ1) is 25.3. The molecule has 5 rings (SSSR count). The number of carbonyl (C=O) groups excluding carboxylic acids is 2. The van der Waals surface area contributed by atoms with E-state index in [1.54, 1.807) is 22.3 Å². The van der Waals surface area contributed by atoms with E-state index >= 15 is 0 Å². The predicted molar refractivity (Wildman–Crippen MR) is 147 cm³/mol. The molecule has 2 aromatic carbocycles. The molecule has 3 aromatic rings. The van der Waals surface area contributed by atoms with Crippen LogP contribution in [0.5, 0.6) is 0 Å². The van der Waals surface area contributed by atoms with Gasteiger partial charge in [0.1, 0.15) is 0 Å². The minimum Gasteiger partial charge on any atom is -0.333 e. The Morgan fingerprint density at radius 1 is 1.08 bits per heavy atom. The Morgan fingerprint density at radius 3 is 2.58 bits per heavy atom. The maximum Gasteiger partial charge on any atom is 0.242 e. The molecule has 1 saturated carbocycles. The van der Waals surface area contributed by atoms with Gasteiger partial charge in [-0.05, 0) is 64.9 Å². The Balaban J connectivity index is 1.38. The summed E-state index contributed by atoms with van der Waals surface area (Å²) in [5.41, 5.74) is 3.17. The molecular formula is C29H30Cl2N2O2S. The first-order chi connectivity index (χ1) is 17.3. The summed E-state index contributed by atoms with van der Waals surface area (Å²) in [6.45, 7) is 5.40. The molecule has 188 valence electrons. The molecule has 2 heterocycles. The molecule has 2 amide bonds. The molecule has 0 spiro atoms. The minimum absolute atomic E-state index is 0.0474. The van der Waals surface area contributed by atoms with Gasteiger partial charge in [-0.1, -0.05) is 73.4 Å². The van der Waals surface area contributed by atoms with Crippen molar-refractivity contribution in [2.45, 2.75) is 38.6 Å². The van der Waals surface area contributed by atoms with Gasteiger partial charge in [0, 0.05) is 33.9 Å². The van der Waals surface area contributed by atoms with Crippen LogP contribution in [0.1, 0.15) is 53.8 Å². The third-order valence-corrected chi connectivity index (χ3v) is 8.66. The molecule has 1 aliphatic carbocycles. The van der Waals surface area contributed by atoms with E-state index in [-0.39, 0.29) is 42.2 Å². The van der Waals surface area contributed by atoms with E-state index in [9.17, 15) is 9.59 Å². The van der Waals surface area contributed by atoms with Crippen molar-refractivity contribution < 1.29 is 9.59 Å². The molecule has 0 bridgehead atoms. The summed E-state index contributed by atoms with van der Waals surface area (Å²) in [6, 6.07) is 17.5. The third-order valence-electron chi connectivity index (χ3n) is 7.10. The second-order valence-electron chi connectivity index (χ2n) is 10.2. The van der Waals surface area contributed by atoms with Gasteiger partial charge in [0.05, 0.1) is 12.6 Å².